The van der Waals surface area contributed by atoms with Crippen molar-refractivity contribution in [3.05, 3.63) is 34.9 Å². The Morgan fingerprint density at radius 2 is 1.84 bits per heavy atom. The maximum absolute atomic E-state index is 11.4. The van der Waals surface area contributed by atoms with Crippen LogP contribution in [-0.2, 0) is 9.53 Å². The van der Waals surface area contributed by atoms with Crippen molar-refractivity contribution in [1.29, 1.82) is 5.26 Å². The van der Waals surface area contributed by atoms with Crippen LogP contribution in [0.1, 0.15) is 47.5 Å². The van der Waals surface area contributed by atoms with Crippen LogP contribution in [0.25, 0.3) is 0 Å². The van der Waals surface area contributed by atoms with E-state index in [4.69, 9.17) is 10.00 Å². The molecule has 3 heteroatoms. The summed E-state index contributed by atoms with van der Waals surface area (Å²) in [7, 11) is 0. The highest BCUT2D eigenvalue weighted by Gasteiger charge is 2.09. The SMILES string of the molecule is CC(C)=CCC/C(C)=C\C(C#N)OC(=O)C=C(C)C. The van der Waals surface area contributed by atoms with Crippen LogP contribution in [-0.4, -0.2) is 12.1 Å². The number of carbonyl (C=O) groups excluding carboxylic acids is 1. The first-order valence-electron chi connectivity index (χ1n) is 6.41. The fraction of sp³-hybridized carbons (Fsp3) is 0.500. The largest absolute Gasteiger partial charge is 0.439 e. The van der Waals surface area contributed by atoms with Gasteiger partial charge in [0.2, 0.25) is 6.10 Å². The van der Waals surface area contributed by atoms with Gasteiger partial charge in [0.05, 0.1) is 0 Å². The summed E-state index contributed by atoms with van der Waals surface area (Å²) < 4.78 is 5.04. The van der Waals surface area contributed by atoms with E-state index in [2.05, 4.69) is 19.9 Å². The Hall–Kier alpha value is -1.82. The Bertz CT molecular complexity index is 428. The van der Waals surface area contributed by atoms with Gasteiger partial charge in [0.25, 0.3) is 0 Å². The van der Waals surface area contributed by atoms with E-state index < -0.39 is 12.1 Å². The first-order valence-corrected chi connectivity index (χ1v) is 6.41. The van der Waals surface area contributed by atoms with Gasteiger partial charge in [-0.3, -0.25) is 0 Å². The van der Waals surface area contributed by atoms with Crippen molar-refractivity contribution in [1.82, 2.24) is 0 Å². The van der Waals surface area contributed by atoms with Crippen LogP contribution in [0.4, 0.5) is 0 Å². The van der Waals surface area contributed by atoms with Crippen LogP contribution in [0.15, 0.2) is 34.9 Å². The fourth-order valence-electron chi connectivity index (χ4n) is 1.42. The maximum Gasteiger partial charge on any atom is 0.332 e. The fourth-order valence-corrected chi connectivity index (χ4v) is 1.42. The van der Waals surface area contributed by atoms with Crippen LogP contribution in [0.3, 0.4) is 0 Å². The zero-order valence-electron chi connectivity index (χ0n) is 12.5. The number of hydrogen-bond donors (Lipinski definition) is 0. The summed E-state index contributed by atoms with van der Waals surface area (Å²) >= 11 is 0. The maximum atomic E-state index is 11.4. The third-order valence-electron chi connectivity index (χ3n) is 2.30. The van der Waals surface area contributed by atoms with E-state index in [1.165, 1.54) is 11.6 Å². The molecule has 0 saturated carbocycles. The molecular weight excluding hydrogens is 238 g/mol. The van der Waals surface area contributed by atoms with Crippen LogP contribution in [0.2, 0.25) is 0 Å². The van der Waals surface area contributed by atoms with E-state index >= 15 is 0 Å². The number of rotatable bonds is 6. The summed E-state index contributed by atoms with van der Waals surface area (Å²) in [6.07, 6.45) is 6.23. The summed E-state index contributed by atoms with van der Waals surface area (Å²) in [6.45, 7) is 9.67. The minimum atomic E-state index is -0.810. The van der Waals surface area contributed by atoms with Gasteiger partial charge in [-0.25, -0.2) is 4.79 Å². The van der Waals surface area contributed by atoms with E-state index in [0.29, 0.717) is 0 Å². The van der Waals surface area contributed by atoms with Crippen molar-refractivity contribution >= 4 is 5.97 Å². The second-order valence-electron chi connectivity index (χ2n) is 5.04. The molecule has 0 saturated heterocycles. The summed E-state index contributed by atoms with van der Waals surface area (Å²) in [5, 5.41) is 8.97. The van der Waals surface area contributed by atoms with Crippen LogP contribution < -0.4 is 0 Å². The lowest BCUT2D eigenvalue weighted by Gasteiger charge is -2.07. The van der Waals surface area contributed by atoms with Gasteiger partial charge in [-0.2, -0.15) is 5.26 Å². The van der Waals surface area contributed by atoms with Gasteiger partial charge in [0.15, 0.2) is 0 Å². The van der Waals surface area contributed by atoms with Gasteiger partial charge >= 0.3 is 5.97 Å². The highest BCUT2D eigenvalue weighted by molar-refractivity contribution is 5.83. The molecule has 0 aromatic rings. The van der Waals surface area contributed by atoms with Crippen molar-refractivity contribution in [3.63, 3.8) is 0 Å². The highest BCUT2D eigenvalue weighted by atomic mass is 16.5. The smallest absolute Gasteiger partial charge is 0.332 e. The molecular formula is C16H23NO2. The summed E-state index contributed by atoms with van der Waals surface area (Å²) in [4.78, 5) is 11.4. The minimum absolute atomic E-state index is 0.472. The van der Waals surface area contributed by atoms with Gasteiger partial charge in [-0.1, -0.05) is 22.8 Å². The van der Waals surface area contributed by atoms with E-state index in [-0.39, 0.29) is 0 Å². The molecule has 0 aromatic carbocycles. The van der Waals surface area contributed by atoms with E-state index in [1.807, 2.05) is 26.8 Å². The lowest BCUT2D eigenvalue weighted by Crippen LogP contribution is -2.13. The molecule has 0 aliphatic heterocycles. The topological polar surface area (TPSA) is 50.1 Å². The first kappa shape index (κ1) is 17.2. The molecule has 0 spiro atoms. The van der Waals surface area contributed by atoms with Crippen LogP contribution in [0, 0.1) is 11.3 Å². The van der Waals surface area contributed by atoms with Crippen molar-refractivity contribution in [2.75, 3.05) is 0 Å². The second-order valence-corrected chi connectivity index (χ2v) is 5.04. The number of carbonyl (C=O) groups is 1. The van der Waals surface area contributed by atoms with Crippen molar-refractivity contribution in [3.8, 4) is 6.07 Å². The highest BCUT2D eigenvalue weighted by Crippen LogP contribution is 2.09. The molecule has 0 amide bonds. The van der Waals surface area contributed by atoms with Crippen LogP contribution >= 0.6 is 0 Å². The van der Waals surface area contributed by atoms with Gasteiger partial charge in [-0.15, -0.1) is 0 Å². The summed E-state index contributed by atoms with van der Waals surface area (Å²) in [5.41, 5.74) is 3.18. The molecule has 0 heterocycles. The zero-order valence-corrected chi connectivity index (χ0v) is 12.5. The van der Waals surface area contributed by atoms with Gasteiger partial charge in [-0.05, 0) is 53.5 Å². The van der Waals surface area contributed by atoms with Crippen molar-refractivity contribution in [2.45, 2.75) is 53.6 Å². The Balaban J connectivity index is 4.46. The van der Waals surface area contributed by atoms with E-state index in [9.17, 15) is 4.79 Å². The molecule has 0 N–H and O–H groups in total. The predicted molar refractivity (Wildman–Crippen MR) is 77.3 cm³/mol. The first-order chi connectivity index (χ1) is 8.85. The second kappa shape index (κ2) is 9.16. The van der Waals surface area contributed by atoms with Crippen LogP contribution in [0.5, 0.6) is 0 Å². The van der Waals surface area contributed by atoms with Gasteiger partial charge < -0.3 is 4.74 Å². The molecule has 19 heavy (non-hydrogen) atoms. The number of ether oxygens (including phenoxy) is 1. The molecule has 0 aliphatic carbocycles. The molecule has 0 aromatic heterocycles. The number of nitriles is 1. The number of allylic oxidation sites excluding steroid dienone is 4. The van der Waals surface area contributed by atoms with Gasteiger partial charge in [0.1, 0.15) is 6.07 Å². The molecule has 0 bridgehead atoms. The average molecular weight is 261 g/mol. The number of hydrogen-bond acceptors (Lipinski definition) is 3. The lowest BCUT2D eigenvalue weighted by molar-refractivity contribution is -0.138. The van der Waals surface area contributed by atoms with E-state index in [1.54, 1.807) is 6.08 Å². The molecule has 0 rings (SSSR count). The zero-order chi connectivity index (χ0) is 14.8. The number of esters is 1. The Kier molecular flexibility index (Phi) is 8.28. The van der Waals surface area contributed by atoms with E-state index in [0.717, 1.165) is 24.0 Å². The Labute approximate surface area is 116 Å². The monoisotopic (exact) mass is 261 g/mol. The molecule has 0 aliphatic rings. The predicted octanol–water partition coefficient (Wildman–Crippen LogP) is 4.08. The third kappa shape index (κ3) is 9.84. The molecule has 1 atom stereocenters. The normalized spacial score (nSPS) is 12.1. The van der Waals surface area contributed by atoms with Crippen molar-refractivity contribution < 1.29 is 9.53 Å². The average Bonchev–Trinajstić information content (AvgIpc) is 2.26. The molecule has 3 nitrogen and oxygen atoms in total. The van der Waals surface area contributed by atoms with Gasteiger partial charge in [0, 0.05) is 6.08 Å². The number of nitrogens with zero attached hydrogens (tertiary/aromatic N) is 1. The molecule has 104 valence electrons. The summed E-state index contributed by atoms with van der Waals surface area (Å²) in [6, 6.07) is 1.97. The molecule has 0 radical (unpaired) electrons. The Morgan fingerprint density at radius 1 is 1.21 bits per heavy atom. The Morgan fingerprint density at radius 3 is 2.32 bits per heavy atom. The van der Waals surface area contributed by atoms with Crippen molar-refractivity contribution in [2.24, 2.45) is 0 Å². The summed E-state index contributed by atoms with van der Waals surface area (Å²) in [5.74, 6) is -0.472. The molecule has 1 unspecified atom stereocenters. The minimum Gasteiger partial charge on any atom is -0.439 e. The standard InChI is InChI=1S/C16H23NO2/c1-12(2)7-6-8-14(5)10-15(11-17)19-16(18)9-13(3)4/h7,9-10,15H,6,8H2,1-5H3/b14-10-. The quantitative estimate of drug-likeness (QED) is 0.411. The molecule has 0 fully saturated rings. The third-order valence-corrected chi connectivity index (χ3v) is 2.30. The lowest BCUT2D eigenvalue weighted by atomic mass is 10.1.